The van der Waals surface area contributed by atoms with Gasteiger partial charge in [0.15, 0.2) is 34.5 Å². The van der Waals surface area contributed by atoms with Gasteiger partial charge in [-0.3, -0.25) is 0 Å². The van der Waals surface area contributed by atoms with E-state index in [2.05, 4.69) is 23.7 Å². The zero-order valence-corrected chi connectivity index (χ0v) is 20.1. The molecule has 0 unspecified atom stereocenters. The maximum absolute atomic E-state index is 5.46. The Kier molecular flexibility index (Phi) is 8.16. The predicted molar refractivity (Wildman–Crippen MR) is 131 cm³/mol. The van der Waals surface area contributed by atoms with Crippen molar-refractivity contribution in [3.8, 4) is 58.2 Å². The van der Waals surface area contributed by atoms with Gasteiger partial charge >= 0.3 is 0 Å². The van der Waals surface area contributed by atoms with Crippen molar-refractivity contribution >= 4 is 0 Å². The fourth-order valence-corrected chi connectivity index (χ4v) is 3.19. The first kappa shape index (κ1) is 24.2. The molecule has 0 aliphatic carbocycles. The molecule has 0 aromatic heterocycles. The van der Waals surface area contributed by atoms with Gasteiger partial charge in [0.25, 0.3) is 0 Å². The Labute approximate surface area is 200 Å². The van der Waals surface area contributed by atoms with Gasteiger partial charge in [-0.1, -0.05) is 23.7 Å². The van der Waals surface area contributed by atoms with Gasteiger partial charge in [0.05, 0.1) is 42.7 Å². The summed E-state index contributed by atoms with van der Waals surface area (Å²) in [6.45, 7) is 0. The van der Waals surface area contributed by atoms with Crippen molar-refractivity contribution in [2.45, 2.75) is 0 Å². The first-order valence-electron chi connectivity index (χ1n) is 10.3. The maximum Gasteiger partial charge on any atom is 0.162 e. The van der Waals surface area contributed by atoms with E-state index < -0.39 is 0 Å². The standard InChI is InChI=1S/C28H26O6/c1-29-23-13-9-19(15-25(23)31-3)7-11-21-17-27(33-5)28(34-6)18-22(21)12-8-20-10-14-24(30-2)26(16-20)32-4/h9-10,13-18H,1-6H3. The van der Waals surface area contributed by atoms with Gasteiger partial charge in [-0.25, -0.2) is 0 Å². The third-order valence-corrected chi connectivity index (χ3v) is 4.97. The predicted octanol–water partition coefficient (Wildman–Crippen LogP) is 4.54. The molecule has 3 aromatic rings. The summed E-state index contributed by atoms with van der Waals surface area (Å²) in [6.07, 6.45) is 0. The lowest BCUT2D eigenvalue weighted by atomic mass is 10.0. The van der Waals surface area contributed by atoms with Gasteiger partial charge in [0.1, 0.15) is 0 Å². The van der Waals surface area contributed by atoms with Crippen LogP contribution in [-0.4, -0.2) is 42.7 Å². The van der Waals surface area contributed by atoms with Crippen LogP contribution in [0.1, 0.15) is 22.3 Å². The minimum absolute atomic E-state index is 0.566. The van der Waals surface area contributed by atoms with E-state index in [9.17, 15) is 0 Å². The third kappa shape index (κ3) is 5.49. The summed E-state index contributed by atoms with van der Waals surface area (Å²) in [5.74, 6) is 16.3. The van der Waals surface area contributed by atoms with Crippen molar-refractivity contribution in [2.24, 2.45) is 0 Å². The Hall–Kier alpha value is -4.42. The van der Waals surface area contributed by atoms with Crippen LogP contribution in [0, 0.1) is 23.7 Å². The second-order valence-electron chi connectivity index (χ2n) is 6.89. The van der Waals surface area contributed by atoms with Gasteiger partial charge in [-0.2, -0.15) is 0 Å². The second kappa shape index (κ2) is 11.4. The summed E-state index contributed by atoms with van der Waals surface area (Å²) < 4.78 is 32.3. The van der Waals surface area contributed by atoms with Crippen molar-refractivity contribution in [1.29, 1.82) is 0 Å². The van der Waals surface area contributed by atoms with E-state index >= 15 is 0 Å². The topological polar surface area (TPSA) is 55.4 Å². The summed E-state index contributed by atoms with van der Waals surface area (Å²) in [5, 5.41) is 0. The van der Waals surface area contributed by atoms with E-state index in [1.807, 2.05) is 48.5 Å². The quantitative estimate of drug-likeness (QED) is 0.506. The summed E-state index contributed by atoms with van der Waals surface area (Å²) in [5.41, 5.74) is 2.93. The first-order chi connectivity index (χ1) is 16.6. The summed E-state index contributed by atoms with van der Waals surface area (Å²) >= 11 is 0. The van der Waals surface area contributed by atoms with Crippen LogP contribution in [0.25, 0.3) is 0 Å². The molecule has 0 fully saturated rings. The van der Waals surface area contributed by atoms with E-state index in [1.54, 1.807) is 42.7 Å². The lowest BCUT2D eigenvalue weighted by Crippen LogP contribution is -1.95. The average molecular weight is 459 g/mol. The fourth-order valence-electron chi connectivity index (χ4n) is 3.19. The Morgan fingerprint density at radius 2 is 0.706 bits per heavy atom. The molecule has 0 heterocycles. The monoisotopic (exact) mass is 458 g/mol. The molecule has 3 aromatic carbocycles. The minimum atomic E-state index is 0.566. The molecule has 6 nitrogen and oxygen atoms in total. The largest absolute Gasteiger partial charge is 0.493 e. The Balaban J connectivity index is 2.07. The Morgan fingerprint density at radius 1 is 0.382 bits per heavy atom. The van der Waals surface area contributed by atoms with E-state index in [0.717, 1.165) is 11.1 Å². The zero-order valence-electron chi connectivity index (χ0n) is 20.1. The van der Waals surface area contributed by atoms with Crippen LogP contribution < -0.4 is 28.4 Å². The molecule has 0 aliphatic heterocycles. The van der Waals surface area contributed by atoms with Gasteiger partial charge in [-0.05, 0) is 36.4 Å². The van der Waals surface area contributed by atoms with Crippen LogP contribution in [0.2, 0.25) is 0 Å². The van der Waals surface area contributed by atoms with Crippen molar-refractivity contribution in [3.63, 3.8) is 0 Å². The van der Waals surface area contributed by atoms with E-state index in [-0.39, 0.29) is 0 Å². The van der Waals surface area contributed by atoms with Gasteiger partial charge in [0, 0.05) is 34.4 Å². The maximum atomic E-state index is 5.46. The average Bonchev–Trinajstić information content (AvgIpc) is 2.89. The molecule has 6 heteroatoms. The van der Waals surface area contributed by atoms with Crippen LogP contribution in [0.15, 0.2) is 48.5 Å². The molecule has 0 radical (unpaired) electrons. The van der Waals surface area contributed by atoms with Crippen molar-refractivity contribution in [3.05, 3.63) is 70.8 Å². The molecule has 0 aliphatic rings. The smallest absolute Gasteiger partial charge is 0.162 e. The van der Waals surface area contributed by atoms with Gasteiger partial charge in [0.2, 0.25) is 0 Å². The molecule has 0 amide bonds. The van der Waals surface area contributed by atoms with Crippen molar-refractivity contribution in [1.82, 2.24) is 0 Å². The fraction of sp³-hybridized carbons (Fsp3) is 0.214. The zero-order chi connectivity index (χ0) is 24.5. The molecular weight excluding hydrogens is 432 g/mol. The van der Waals surface area contributed by atoms with E-state index in [0.29, 0.717) is 45.6 Å². The number of ether oxygens (including phenoxy) is 6. The molecule has 0 saturated carbocycles. The SMILES string of the molecule is COc1ccc(C#Cc2cc(OC)c(OC)cc2C#Cc2ccc(OC)c(OC)c2)cc1OC. The molecule has 174 valence electrons. The van der Waals surface area contributed by atoms with Crippen LogP contribution in [-0.2, 0) is 0 Å². The summed E-state index contributed by atoms with van der Waals surface area (Å²) in [6, 6.07) is 14.6. The number of hydrogen-bond donors (Lipinski definition) is 0. The lowest BCUT2D eigenvalue weighted by molar-refractivity contribution is 0.354. The molecular formula is C28H26O6. The molecule has 0 atom stereocenters. The van der Waals surface area contributed by atoms with Crippen LogP contribution in [0.3, 0.4) is 0 Å². The highest BCUT2D eigenvalue weighted by Gasteiger charge is 2.10. The molecule has 0 saturated heterocycles. The van der Waals surface area contributed by atoms with E-state index in [1.165, 1.54) is 0 Å². The molecule has 34 heavy (non-hydrogen) atoms. The molecule has 0 spiro atoms. The number of methoxy groups -OCH3 is 6. The van der Waals surface area contributed by atoms with Crippen LogP contribution in [0.5, 0.6) is 34.5 Å². The number of rotatable bonds is 6. The first-order valence-corrected chi connectivity index (χ1v) is 10.3. The number of benzene rings is 3. The van der Waals surface area contributed by atoms with Gasteiger partial charge in [-0.15, -0.1) is 0 Å². The summed E-state index contributed by atoms with van der Waals surface area (Å²) in [4.78, 5) is 0. The highest BCUT2D eigenvalue weighted by atomic mass is 16.5. The molecule has 0 bridgehead atoms. The minimum Gasteiger partial charge on any atom is -0.493 e. The normalized spacial score (nSPS) is 9.59. The highest BCUT2D eigenvalue weighted by Crippen LogP contribution is 2.31. The van der Waals surface area contributed by atoms with Crippen molar-refractivity contribution < 1.29 is 28.4 Å². The molecule has 3 rings (SSSR count). The van der Waals surface area contributed by atoms with Crippen molar-refractivity contribution in [2.75, 3.05) is 42.7 Å². The van der Waals surface area contributed by atoms with Crippen LogP contribution >= 0.6 is 0 Å². The Morgan fingerprint density at radius 3 is 1.03 bits per heavy atom. The van der Waals surface area contributed by atoms with Gasteiger partial charge < -0.3 is 28.4 Å². The highest BCUT2D eigenvalue weighted by molar-refractivity contribution is 5.62. The van der Waals surface area contributed by atoms with E-state index in [4.69, 9.17) is 28.4 Å². The third-order valence-electron chi connectivity index (χ3n) is 4.97. The van der Waals surface area contributed by atoms with Crippen LogP contribution in [0.4, 0.5) is 0 Å². The molecule has 0 N–H and O–H groups in total. The Bertz CT molecular complexity index is 1190. The second-order valence-corrected chi connectivity index (χ2v) is 6.89. The number of hydrogen-bond acceptors (Lipinski definition) is 6. The lowest BCUT2D eigenvalue weighted by Gasteiger charge is -2.09. The summed E-state index contributed by atoms with van der Waals surface area (Å²) in [7, 11) is 9.53.